The van der Waals surface area contributed by atoms with Crippen LogP contribution in [-0.4, -0.2) is 49.1 Å². The fourth-order valence-corrected chi connectivity index (χ4v) is 3.46. The number of hydrogen-bond acceptors (Lipinski definition) is 5. The van der Waals surface area contributed by atoms with Crippen molar-refractivity contribution in [3.8, 4) is 0 Å². The first-order valence-corrected chi connectivity index (χ1v) is 9.36. The third kappa shape index (κ3) is 4.45. The maximum Gasteiger partial charge on any atom is 0.270 e. The second kappa shape index (κ2) is 8.49. The van der Waals surface area contributed by atoms with Gasteiger partial charge in [-0.3, -0.25) is 14.9 Å². The van der Waals surface area contributed by atoms with E-state index in [9.17, 15) is 14.9 Å². The van der Waals surface area contributed by atoms with Crippen LogP contribution in [0.25, 0.3) is 0 Å². The van der Waals surface area contributed by atoms with E-state index < -0.39 is 4.92 Å². The fraction of sp³-hybridized carbons (Fsp3) is 0.316. The van der Waals surface area contributed by atoms with Gasteiger partial charge >= 0.3 is 0 Å². The Hall–Kier alpha value is -2.45. The molecule has 8 heteroatoms. The first-order chi connectivity index (χ1) is 13.0. The summed E-state index contributed by atoms with van der Waals surface area (Å²) < 4.78 is 6.29. The minimum atomic E-state index is -0.479. The van der Waals surface area contributed by atoms with Crippen LogP contribution in [0.3, 0.4) is 0 Å². The Balaban J connectivity index is 1.92. The Bertz CT molecular complexity index is 853. The quantitative estimate of drug-likeness (QED) is 0.532. The van der Waals surface area contributed by atoms with Crippen LogP contribution in [0, 0.1) is 10.1 Å². The van der Waals surface area contributed by atoms with Crippen LogP contribution in [0.2, 0.25) is 0 Å². The zero-order valence-electron chi connectivity index (χ0n) is 14.9. The Morgan fingerprint density at radius 3 is 2.63 bits per heavy atom. The molecule has 7 nitrogen and oxygen atoms in total. The predicted octanol–water partition coefficient (Wildman–Crippen LogP) is 3.47. The summed E-state index contributed by atoms with van der Waals surface area (Å²) in [5.41, 5.74) is 1.91. The van der Waals surface area contributed by atoms with Crippen LogP contribution >= 0.6 is 15.9 Å². The van der Waals surface area contributed by atoms with Gasteiger partial charge in [0.15, 0.2) is 0 Å². The number of anilines is 1. The first-order valence-electron chi connectivity index (χ1n) is 8.57. The third-order valence-corrected chi connectivity index (χ3v) is 5.26. The van der Waals surface area contributed by atoms with Crippen LogP contribution in [0.1, 0.15) is 15.9 Å². The van der Waals surface area contributed by atoms with Gasteiger partial charge in [0.05, 0.1) is 29.4 Å². The van der Waals surface area contributed by atoms with Gasteiger partial charge in [-0.25, -0.2) is 0 Å². The van der Waals surface area contributed by atoms with E-state index in [2.05, 4.69) is 15.9 Å². The van der Waals surface area contributed by atoms with Crippen molar-refractivity contribution in [3.05, 3.63) is 68.2 Å². The van der Waals surface area contributed by atoms with Gasteiger partial charge in [0, 0.05) is 43.3 Å². The average Bonchev–Trinajstić information content (AvgIpc) is 2.69. The molecular weight excluding hydrogens is 414 g/mol. The van der Waals surface area contributed by atoms with Gasteiger partial charge < -0.3 is 14.5 Å². The van der Waals surface area contributed by atoms with E-state index in [4.69, 9.17) is 4.74 Å². The highest BCUT2D eigenvalue weighted by atomic mass is 79.9. The highest BCUT2D eigenvalue weighted by Crippen LogP contribution is 2.28. The maximum absolute atomic E-state index is 13.1. The number of amides is 1. The SMILES string of the molecule is CN(Cc1ccccc1Br)C(=O)c1cc([N+](=O)[O-])ccc1N1CCOCC1. The molecule has 3 rings (SSSR count). The largest absolute Gasteiger partial charge is 0.378 e. The number of benzene rings is 2. The van der Waals surface area contributed by atoms with Crippen molar-refractivity contribution >= 4 is 33.2 Å². The summed E-state index contributed by atoms with van der Waals surface area (Å²) in [6.07, 6.45) is 0. The summed E-state index contributed by atoms with van der Waals surface area (Å²) >= 11 is 3.49. The summed E-state index contributed by atoms with van der Waals surface area (Å²) in [5, 5.41) is 11.2. The molecule has 0 aromatic heterocycles. The van der Waals surface area contributed by atoms with Crippen molar-refractivity contribution < 1.29 is 14.5 Å². The van der Waals surface area contributed by atoms with E-state index in [1.165, 1.54) is 12.1 Å². The molecule has 0 atom stereocenters. The van der Waals surface area contributed by atoms with E-state index in [1.54, 1.807) is 18.0 Å². The van der Waals surface area contributed by atoms with Crippen molar-refractivity contribution in [2.24, 2.45) is 0 Å². The molecule has 142 valence electrons. The number of non-ortho nitro benzene ring substituents is 1. The molecule has 1 amide bonds. The standard InChI is InChI=1S/C19H20BrN3O4/c1-21(13-14-4-2-3-5-17(14)20)19(24)16-12-15(23(25)26)6-7-18(16)22-8-10-27-11-9-22/h2-7,12H,8-11,13H2,1H3. The molecule has 1 heterocycles. The summed E-state index contributed by atoms with van der Waals surface area (Å²) in [6.45, 7) is 2.82. The Morgan fingerprint density at radius 2 is 1.96 bits per heavy atom. The maximum atomic E-state index is 13.1. The van der Waals surface area contributed by atoms with Gasteiger partial charge in [0.2, 0.25) is 0 Å². The number of rotatable bonds is 5. The highest BCUT2D eigenvalue weighted by molar-refractivity contribution is 9.10. The van der Waals surface area contributed by atoms with Gasteiger partial charge in [0.25, 0.3) is 11.6 Å². The monoisotopic (exact) mass is 433 g/mol. The lowest BCUT2D eigenvalue weighted by atomic mass is 10.1. The number of halogens is 1. The number of nitro groups is 1. The van der Waals surface area contributed by atoms with Crippen LogP contribution in [-0.2, 0) is 11.3 Å². The van der Waals surface area contributed by atoms with Crippen molar-refractivity contribution in [3.63, 3.8) is 0 Å². The molecule has 27 heavy (non-hydrogen) atoms. The fourth-order valence-electron chi connectivity index (χ4n) is 3.05. The highest BCUT2D eigenvalue weighted by Gasteiger charge is 2.24. The molecule has 2 aromatic rings. The molecule has 0 spiro atoms. The lowest BCUT2D eigenvalue weighted by Crippen LogP contribution is -2.38. The first kappa shape index (κ1) is 19.3. The molecule has 1 aliphatic heterocycles. The Labute approximate surface area is 165 Å². The molecule has 0 unspecified atom stereocenters. The molecule has 1 saturated heterocycles. The zero-order valence-corrected chi connectivity index (χ0v) is 16.5. The summed E-state index contributed by atoms with van der Waals surface area (Å²) in [4.78, 5) is 27.5. The second-order valence-corrected chi connectivity index (χ2v) is 7.16. The molecular formula is C19H20BrN3O4. The molecule has 0 saturated carbocycles. The molecule has 1 fully saturated rings. The number of carbonyl (C=O) groups is 1. The van der Waals surface area contributed by atoms with Gasteiger partial charge in [-0.15, -0.1) is 0 Å². The van der Waals surface area contributed by atoms with Crippen LogP contribution in [0.15, 0.2) is 46.9 Å². The van der Waals surface area contributed by atoms with Crippen LogP contribution in [0.5, 0.6) is 0 Å². The summed E-state index contributed by atoms with van der Waals surface area (Å²) in [6, 6.07) is 12.1. The molecule has 1 aliphatic rings. The topological polar surface area (TPSA) is 75.9 Å². The third-order valence-electron chi connectivity index (χ3n) is 4.49. The summed E-state index contributed by atoms with van der Waals surface area (Å²) in [5.74, 6) is -0.254. The van der Waals surface area contributed by atoms with E-state index >= 15 is 0 Å². The second-order valence-electron chi connectivity index (χ2n) is 6.31. The van der Waals surface area contributed by atoms with Crippen molar-refractivity contribution in [2.75, 3.05) is 38.3 Å². The minimum Gasteiger partial charge on any atom is -0.378 e. The smallest absolute Gasteiger partial charge is 0.270 e. The number of hydrogen-bond donors (Lipinski definition) is 0. The molecule has 0 N–H and O–H groups in total. The molecule has 0 aliphatic carbocycles. The minimum absolute atomic E-state index is 0.0929. The van der Waals surface area contributed by atoms with Gasteiger partial charge in [0.1, 0.15) is 0 Å². The Morgan fingerprint density at radius 1 is 1.26 bits per heavy atom. The van der Waals surface area contributed by atoms with Crippen LogP contribution in [0.4, 0.5) is 11.4 Å². The predicted molar refractivity (Wildman–Crippen MR) is 106 cm³/mol. The van der Waals surface area contributed by atoms with Crippen LogP contribution < -0.4 is 4.90 Å². The van der Waals surface area contributed by atoms with Crippen molar-refractivity contribution in [1.82, 2.24) is 4.90 Å². The molecule has 0 bridgehead atoms. The van der Waals surface area contributed by atoms with E-state index in [-0.39, 0.29) is 11.6 Å². The number of carbonyl (C=O) groups excluding carboxylic acids is 1. The zero-order chi connectivity index (χ0) is 19.4. The molecule has 0 radical (unpaired) electrons. The van der Waals surface area contributed by atoms with Crippen molar-refractivity contribution in [2.45, 2.75) is 6.54 Å². The van der Waals surface area contributed by atoms with Gasteiger partial charge in [-0.1, -0.05) is 34.1 Å². The van der Waals surface area contributed by atoms with Gasteiger partial charge in [-0.05, 0) is 17.7 Å². The van der Waals surface area contributed by atoms with E-state index in [0.29, 0.717) is 44.1 Å². The number of morpholine rings is 1. The number of nitro benzene ring substituents is 1. The Kier molecular flexibility index (Phi) is 6.08. The normalized spacial score (nSPS) is 14.1. The molecule has 2 aromatic carbocycles. The number of ether oxygens (including phenoxy) is 1. The van der Waals surface area contributed by atoms with Gasteiger partial charge in [-0.2, -0.15) is 0 Å². The van der Waals surface area contributed by atoms with E-state index in [1.807, 2.05) is 29.2 Å². The average molecular weight is 434 g/mol. The number of nitrogens with zero attached hydrogens (tertiary/aromatic N) is 3. The summed E-state index contributed by atoms with van der Waals surface area (Å²) in [7, 11) is 1.70. The lowest BCUT2D eigenvalue weighted by molar-refractivity contribution is -0.384. The van der Waals surface area contributed by atoms with Crippen molar-refractivity contribution in [1.29, 1.82) is 0 Å². The lowest BCUT2D eigenvalue weighted by Gasteiger charge is -2.31. The van der Waals surface area contributed by atoms with E-state index in [0.717, 1.165) is 10.0 Å².